The van der Waals surface area contributed by atoms with Gasteiger partial charge in [0.2, 0.25) is 0 Å². The number of hydrogen-bond acceptors (Lipinski definition) is 7. The van der Waals surface area contributed by atoms with Gasteiger partial charge in [-0.3, -0.25) is 9.69 Å². The molecule has 0 amide bonds. The van der Waals surface area contributed by atoms with Gasteiger partial charge in [-0.25, -0.2) is 0 Å². The average molecular weight is 551 g/mol. The Morgan fingerprint density at radius 3 is 2.38 bits per heavy atom. The number of carbonyl (C=O) groups excluding carboxylic acids is 2. The van der Waals surface area contributed by atoms with E-state index in [-0.39, 0.29) is 11.8 Å². The van der Waals surface area contributed by atoms with Crippen LogP contribution in [0.3, 0.4) is 0 Å². The molecular formula is C31H38N2O5S. The van der Waals surface area contributed by atoms with Crippen LogP contribution >= 0.6 is 11.8 Å². The standard InChI is InChI=1S/C28H34N2OS.C2H4O2.CO2/c1-27(2)12-15-32-26-23(21-8-9-21)16-20(17-24(26)27)19-30-13-10-28(11-14-30)18-25(29-31-28)22-6-4-3-5-7-22;1-2(3)4;2-1-3/h3-7,16-17,21H,8-15,18-19H2,1-2H3;1H3,(H,3,4);. The maximum absolute atomic E-state index is 9.00. The van der Waals surface area contributed by atoms with E-state index in [1.165, 1.54) is 36.1 Å². The number of benzene rings is 2. The molecule has 4 aliphatic rings. The largest absolute Gasteiger partial charge is 0.481 e. The summed E-state index contributed by atoms with van der Waals surface area (Å²) in [4.78, 5) is 35.6. The summed E-state index contributed by atoms with van der Waals surface area (Å²) in [5, 5.41) is 11.9. The van der Waals surface area contributed by atoms with Crippen molar-refractivity contribution in [2.24, 2.45) is 5.16 Å². The van der Waals surface area contributed by atoms with Crippen molar-refractivity contribution in [1.82, 2.24) is 4.90 Å². The fraction of sp³-hybridized carbons (Fsp3) is 0.516. The van der Waals surface area contributed by atoms with Crippen molar-refractivity contribution in [3.8, 4) is 0 Å². The smallest absolute Gasteiger partial charge is 0.373 e. The highest BCUT2D eigenvalue weighted by Gasteiger charge is 2.42. The van der Waals surface area contributed by atoms with Crippen molar-refractivity contribution in [3.05, 3.63) is 64.7 Å². The van der Waals surface area contributed by atoms with Crippen molar-refractivity contribution in [2.45, 2.75) is 87.7 Å². The number of fused-ring (bicyclic) bond motifs is 1. The molecule has 1 saturated heterocycles. The molecule has 7 nitrogen and oxygen atoms in total. The fourth-order valence-electron chi connectivity index (χ4n) is 5.66. The van der Waals surface area contributed by atoms with E-state index in [2.05, 4.69) is 78.1 Å². The van der Waals surface area contributed by atoms with Crippen LogP contribution in [0.4, 0.5) is 0 Å². The number of likely N-dealkylation sites (tertiary alicyclic amines) is 1. The summed E-state index contributed by atoms with van der Waals surface area (Å²) in [5.41, 5.74) is 7.32. The number of carboxylic acid groups (broad SMARTS) is 1. The number of rotatable bonds is 4. The molecule has 39 heavy (non-hydrogen) atoms. The number of carbonyl (C=O) groups is 1. The summed E-state index contributed by atoms with van der Waals surface area (Å²) in [6.07, 6.45) is 7.37. The molecule has 208 valence electrons. The highest BCUT2D eigenvalue weighted by atomic mass is 32.2. The summed E-state index contributed by atoms with van der Waals surface area (Å²) in [6.45, 7) is 9.21. The van der Waals surface area contributed by atoms with Crippen LogP contribution in [0.5, 0.6) is 0 Å². The lowest BCUT2D eigenvalue weighted by Crippen LogP contribution is -2.44. The van der Waals surface area contributed by atoms with E-state index in [0.717, 1.165) is 57.5 Å². The molecule has 1 spiro atoms. The second-order valence-electron chi connectivity index (χ2n) is 11.6. The normalized spacial score (nSPS) is 20.6. The van der Waals surface area contributed by atoms with Gasteiger partial charge in [0.15, 0.2) is 0 Å². The Bertz CT molecular complexity index is 1220. The Kier molecular flexibility index (Phi) is 9.31. The molecule has 2 fully saturated rings. The number of nitrogens with zero attached hydrogens (tertiary/aromatic N) is 2. The van der Waals surface area contributed by atoms with Gasteiger partial charge in [0.25, 0.3) is 5.97 Å². The summed E-state index contributed by atoms with van der Waals surface area (Å²) in [5.74, 6) is 1.25. The molecule has 0 bridgehead atoms. The van der Waals surface area contributed by atoms with E-state index in [9.17, 15) is 0 Å². The molecule has 8 heteroatoms. The Morgan fingerprint density at radius 2 is 1.77 bits per heavy atom. The number of carboxylic acids is 1. The molecule has 0 unspecified atom stereocenters. The van der Waals surface area contributed by atoms with Gasteiger partial charge < -0.3 is 9.94 Å². The molecule has 3 heterocycles. The third-order valence-electron chi connectivity index (χ3n) is 8.02. The highest BCUT2D eigenvalue weighted by Crippen LogP contribution is 2.51. The summed E-state index contributed by atoms with van der Waals surface area (Å²) >= 11 is 2.11. The summed E-state index contributed by atoms with van der Waals surface area (Å²) in [7, 11) is 0. The minimum Gasteiger partial charge on any atom is -0.481 e. The molecule has 1 N–H and O–H groups in total. The number of hydrogen-bond donors (Lipinski definition) is 1. The second kappa shape index (κ2) is 12.5. The van der Waals surface area contributed by atoms with Crippen molar-refractivity contribution < 1.29 is 24.3 Å². The van der Waals surface area contributed by atoms with E-state index >= 15 is 0 Å². The van der Waals surface area contributed by atoms with Crippen LogP contribution in [0.1, 0.15) is 87.5 Å². The van der Waals surface area contributed by atoms with Gasteiger partial charge in [0.05, 0.1) is 5.71 Å². The summed E-state index contributed by atoms with van der Waals surface area (Å²) in [6, 6.07) is 15.6. The second-order valence-corrected chi connectivity index (χ2v) is 12.7. The summed E-state index contributed by atoms with van der Waals surface area (Å²) < 4.78 is 0. The van der Waals surface area contributed by atoms with E-state index in [1.54, 1.807) is 16.0 Å². The van der Waals surface area contributed by atoms with Gasteiger partial charge >= 0.3 is 6.15 Å². The Labute approximate surface area is 235 Å². The zero-order chi connectivity index (χ0) is 28.0. The van der Waals surface area contributed by atoms with E-state index in [0.29, 0.717) is 5.41 Å². The van der Waals surface area contributed by atoms with Crippen LogP contribution in [0, 0.1) is 0 Å². The van der Waals surface area contributed by atoms with Gasteiger partial charge in [0, 0.05) is 50.7 Å². The molecule has 3 aliphatic heterocycles. The number of piperidine rings is 1. The van der Waals surface area contributed by atoms with Gasteiger partial charge in [-0.05, 0) is 58.6 Å². The third kappa shape index (κ3) is 7.38. The van der Waals surface area contributed by atoms with Crippen LogP contribution in [0.2, 0.25) is 0 Å². The lowest BCUT2D eigenvalue weighted by Gasteiger charge is -2.38. The highest BCUT2D eigenvalue weighted by molar-refractivity contribution is 7.99. The van der Waals surface area contributed by atoms with Crippen LogP contribution in [-0.4, -0.2) is 52.3 Å². The first-order chi connectivity index (χ1) is 18.7. The van der Waals surface area contributed by atoms with Crippen molar-refractivity contribution in [2.75, 3.05) is 18.8 Å². The lowest BCUT2D eigenvalue weighted by molar-refractivity contribution is -0.191. The molecule has 0 radical (unpaired) electrons. The molecule has 0 atom stereocenters. The fourth-order valence-corrected chi connectivity index (χ4v) is 7.36. The Hall–Kier alpha value is -2.93. The predicted octanol–water partition coefficient (Wildman–Crippen LogP) is 6.00. The van der Waals surface area contributed by atoms with E-state index in [4.69, 9.17) is 24.3 Å². The maximum Gasteiger partial charge on any atom is 0.373 e. The van der Waals surface area contributed by atoms with E-state index < -0.39 is 5.97 Å². The Balaban J connectivity index is 0.000000456. The molecule has 1 aliphatic carbocycles. The first-order valence-electron chi connectivity index (χ1n) is 13.7. The van der Waals surface area contributed by atoms with Crippen LogP contribution in [-0.2, 0) is 31.2 Å². The number of aliphatic carboxylic acids is 1. The molecule has 2 aromatic carbocycles. The van der Waals surface area contributed by atoms with Gasteiger partial charge in [-0.1, -0.05) is 61.5 Å². The van der Waals surface area contributed by atoms with E-state index in [1.807, 2.05) is 0 Å². The Morgan fingerprint density at radius 1 is 1.13 bits per heavy atom. The third-order valence-corrected chi connectivity index (χ3v) is 9.17. The van der Waals surface area contributed by atoms with Crippen LogP contribution in [0.15, 0.2) is 52.5 Å². The SMILES string of the molecule is CC(=O)O.CC1(C)CCSc2c(C3CC3)cc(CN3CCC4(CC3)CC(c3ccccc3)=NO4)cc21.O=C=O. The van der Waals surface area contributed by atoms with Gasteiger partial charge in [0.1, 0.15) is 5.60 Å². The van der Waals surface area contributed by atoms with Gasteiger partial charge in [-0.15, -0.1) is 11.8 Å². The molecule has 2 aromatic rings. The maximum atomic E-state index is 9.00. The van der Waals surface area contributed by atoms with Gasteiger partial charge in [-0.2, -0.15) is 9.59 Å². The zero-order valence-electron chi connectivity index (χ0n) is 23.1. The van der Waals surface area contributed by atoms with Crippen molar-refractivity contribution in [3.63, 3.8) is 0 Å². The van der Waals surface area contributed by atoms with Crippen LogP contribution < -0.4 is 0 Å². The van der Waals surface area contributed by atoms with Crippen molar-refractivity contribution in [1.29, 1.82) is 0 Å². The monoisotopic (exact) mass is 550 g/mol. The predicted molar refractivity (Wildman–Crippen MR) is 151 cm³/mol. The number of thioether (sulfide) groups is 1. The minimum atomic E-state index is -0.833. The van der Waals surface area contributed by atoms with Crippen molar-refractivity contribution >= 4 is 29.6 Å². The lowest BCUT2D eigenvalue weighted by atomic mass is 9.79. The molecule has 1 saturated carbocycles. The first kappa shape index (κ1) is 29.1. The topological polar surface area (TPSA) is 96.3 Å². The average Bonchev–Trinajstić information content (AvgIpc) is 3.67. The van der Waals surface area contributed by atoms with Crippen LogP contribution in [0.25, 0.3) is 0 Å². The zero-order valence-corrected chi connectivity index (χ0v) is 23.9. The minimum absolute atomic E-state index is 0.0880. The molecule has 0 aromatic heterocycles. The quantitative estimate of drug-likeness (QED) is 0.498. The first-order valence-corrected chi connectivity index (χ1v) is 14.7. The molecule has 6 rings (SSSR count). The number of oxime groups is 1. The molecular weight excluding hydrogens is 512 g/mol.